The molecule has 1 aliphatic heterocycles. The Hall–Kier alpha value is -2.65. The zero-order valence-electron chi connectivity index (χ0n) is 16.5. The molecule has 3 aromatic carbocycles. The summed E-state index contributed by atoms with van der Waals surface area (Å²) < 4.78 is 0. The molecule has 1 heterocycles. The molecule has 0 aliphatic carbocycles. The molecule has 1 N–H and O–H groups in total. The maximum Gasteiger partial charge on any atom is 0.223 e. The minimum Gasteiger partial charge on any atom is -0.349 e. The lowest BCUT2D eigenvalue weighted by atomic mass is 9.94. The van der Waals surface area contributed by atoms with Crippen LogP contribution in [-0.2, 0) is 11.3 Å². The van der Waals surface area contributed by atoms with E-state index >= 15 is 0 Å². The van der Waals surface area contributed by atoms with E-state index in [0.717, 1.165) is 32.5 Å². The van der Waals surface area contributed by atoms with Crippen molar-refractivity contribution in [3.63, 3.8) is 0 Å². The number of carbonyl (C=O) groups is 1. The van der Waals surface area contributed by atoms with Crippen molar-refractivity contribution < 1.29 is 4.79 Å². The lowest BCUT2D eigenvalue weighted by Crippen LogP contribution is -2.40. The van der Waals surface area contributed by atoms with Crippen molar-refractivity contribution in [1.82, 2.24) is 10.2 Å². The molecule has 0 aromatic heterocycles. The van der Waals surface area contributed by atoms with Crippen molar-refractivity contribution >= 4 is 16.7 Å². The number of piperidine rings is 1. The van der Waals surface area contributed by atoms with E-state index < -0.39 is 0 Å². The Morgan fingerprint density at radius 1 is 0.964 bits per heavy atom. The van der Waals surface area contributed by atoms with Crippen molar-refractivity contribution in [2.24, 2.45) is 5.92 Å². The summed E-state index contributed by atoms with van der Waals surface area (Å²) in [5.41, 5.74) is 2.53. The molecular weight excluding hydrogens is 344 g/mol. The van der Waals surface area contributed by atoms with Gasteiger partial charge >= 0.3 is 0 Å². The van der Waals surface area contributed by atoms with Crippen molar-refractivity contribution in [3.05, 3.63) is 83.9 Å². The second kappa shape index (κ2) is 8.57. The molecule has 1 unspecified atom stereocenters. The number of hydrogen-bond acceptors (Lipinski definition) is 2. The second-order valence-corrected chi connectivity index (χ2v) is 7.83. The average molecular weight is 373 g/mol. The van der Waals surface area contributed by atoms with Gasteiger partial charge in [-0.05, 0) is 54.8 Å². The molecule has 4 rings (SSSR count). The van der Waals surface area contributed by atoms with E-state index in [1.165, 1.54) is 21.9 Å². The Balaban J connectivity index is 1.34. The monoisotopic (exact) mass is 372 g/mol. The van der Waals surface area contributed by atoms with Crippen LogP contribution in [0.15, 0.2) is 72.8 Å². The molecule has 1 atom stereocenters. The van der Waals surface area contributed by atoms with Crippen LogP contribution in [0.25, 0.3) is 10.8 Å². The molecule has 0 bridgehead atoms. The molecule has 1 fully saturated rings. The minimum atomic E-state index is 0.0148. The van der Waals surface area contributed by atoms with Crippen LogP contribution < -0.4 is 5.32 Å². The van der Waals surface area contributed by atoms with E-state index in [2.05, 4.69) is 89.9 Å². The Morgan fingerprint density at radius 2 is 1.64 bits per heavy atom. The highest BCUT2D eigenvalue weighted by atomic mass is 16.1. The summed E-state index contributed by atoms with van der Waals surface area (Å²) in [4.78, 5) is 15.3. The van der Waals surface area contributed by atoms with Crippen LogP contribution in [0.3, 0.4) is 0 Å². The van der Waals surface area contributed by atoms with E-state index in [1.807, 2.05) is 0 Å². The predicted molar refractivity (Wildman–Crippen MR) is 115 cm³/mol. The van der Waals surface area contributed by atoms with Crippen molar-refractivity contribution in [1.29, 1.82) is 0 Å². The van der Waals surface area contributed by atoms with Gasteiger partial charge in [-0.2, -0.15) is 0 Å². The predicted octanol–water partition coefficient (Wildman–Crippen LogP) is 4.93. The lowest BCUT2D eigenvalue weighted by Gasteiger charge is -2.32. The van der Waals surface area contributed by atoms with Crippen LogP contribution in [0.5, 0.6) is 0 Å². The van der Waals surface area contributed by atoms with Gasteiger partial charge in [0, 0.05) is 12.5 Å². The van der Waals surface area contributed by atoms with Gasteiger partial charge in [0.15, 0.2) is 0 Å². The third kappa shape index (κ3) is 4.26. The van der Waals surface area contributed by atoms with Crippen molar-refractivity contribution in [2.75, 3.05) is 13.1 Å². The number of amides is 1. The fourth-order valence-electron chi connectivity index (χ4n) is 4.23. The summed E-state index contributed by atoms with van der Waals surface area (Å²) in [6.45, 7) is 5.02. The SMILES string of the molecule is CC(NC(=O)C1CCN(Cc2ccccc2)CC1)c1cccc2ccccc12. The quantitative estimate of drug-likeness (QED) is 0.689. The van der Waals surface area contributed by atoms with Crippen LogP contribution in [0.4, 0.5) is 0 Å². The molecule has 0 spiro atoms. The molecule has 0 saturated carbocycles. The Labute approximate surface area is 167 Å². The summed E-state index contributed by atoms with van der Waals surface area (Å²) in [5, 5.41) is 5.70. The number of fused-ring (bicyclic) bond motifs is 1. The topological polar surface area (TPSA) is 32.3 Å². The number of hydrogen-bond donors (Lipinski definition) is 1. The molecule has 28 heavy (non-hydrogen) atoms. The third-order valence-electron chi connectivity index (χ3n) is 5.86. The van der Waals surface area contributed by atoms with E-state index in [-0.39, 0.29) is 17.9 Å². The fourth-order valence-corrected chi connectivity index (χ4v) is 4.23. The minimum absolute atomic E-state index is 0.0148. The van der Waals surface area contributed by atoms with Gasteiger partial charge in [-0.1, -0.05) is 72.8 Å². The summed E-state index contributed by atoms with van der Waals surface area (Å²) in [5.74, 6) is 0.309. The molecule has 1 saturated heterocycles. The van der Waals surface area contributed by atoms with Crippen LogP contribution >= 0.6 is 0 Å². The van der Waals surface area contributed by atoms with Gasteiger partial charge in [0.05, 0.1) is 6.04 Å². The van der Waals surface area contributed by atoms with Crippen molar-refractivity contribution in [2.45, 2.75) is 32.4 Å². The van der Waals surface area contributed by atoms with Gasteiger partial charge in [0.1, 0.15) is 0 Å². The Kier molecular flexibility index (Phi) is 5.73. The van der Waals surface area contributed by atoms with Crippen molar-refractivity contribution in [3.8, 4) is 0 Å². The number of nitrogens with zero attached hydrogens (tertiary/aromatic N) is 1. The van der Waals surface area contributed by atoms with Gasteiger partial charge in [-0.25, -0.2) is 0 Å². The normalized spacial score (nSPS) is 16.8. The molecule has 144 valence electrons. The Bertz CT molecular complexity index is 924. The number of carbonyl (C=O) groups excluding carboxylic acids is 1. The molecule has 3 heteroatoms. The first-order chi connectivity index (χ1) is 13.7. The zero-order chi connectivity index (χ0) is 19.3. The third-order valence-corrected chi connectivity index (χ3v) is 5.86. The van der Waals surface area contributed by atoms with Crippen LogP contribution in [0.1, 0.15) is 36.9 Å². The van der Waals surface area contributed by atoms with Gasteiger partial charge in [-0.3, -0.25) is 9.69 Å². The second-order valence-electron chi connectivity index (χ2n) is 7.83. The van der Waals surface area contributed by atoms with E-state index in [0.29, 0.717) is 0 Å². The number of likely N-dealkylation sites (tertiary alicyclic amines) is 1. The molecular formula is C25H28N2O. The highest BCUT2D eigenvalue weighted by Crippen LogP contribution is 2.25. The maximum atomic E-state index is 12.9. The van der Waals surface area contributed by atoms with Crippen LogP contribution in [0.2, 0.25) is 0 Å². The fraction of sp³-hybridized carbons (Fsp3) is 0.320. The van der Waals surface area contributed by atoms with Crippen LogP contribution in [0, 0.1) is 5.92 Å². The summed E-state index contributed by atoms with van der Waals surface area (Å²) in [6.07, 6.45) is 1.86. The highest BCUT2D eigenvalue weighted by Gasteiger charge is 2.26. The molecule has 3 aromatic rings. The van der Waals surface area contributed by atoms with Crippen LogP contribution in [-0.4, -0.2) is 23.9 Å². The standard InChI is InChI=1S/C25H28N2O/c1-19(23-13-7-11-21-10-5-6-12-24(21)23)26-25(28)22-14-16-27(17-15-22)18-20-8-3-2-4-9-20/h2-13,19,22H,14-18H2,1H3,(H,26,28). The molecule has 3 nitrogen and oxygen atoms in total. The maximum absolute atomic E-state index is 12.9. The first kappa shape index (κ1) is 18.7. The smallest absolute Gasteiger partial charge is 0.223 e. The summed E-state index contributed by atoms with van der Waals surface area (Å²) in [7, 11) is 0. The van der Waals surface area contributed by atoms with E-state index in [9.17, 15) is 4.79 Å². The van der Waals surface area contributed by atoms with Gasteiger partial charge in [0.2, 0.25) is 5.91 Å². The molecule has 0 radical (unpaired) electrons. The van der Waals surface area contributed by atoms with Gasteiger partial charge < -0.3 is 5.32 Å². The number of benzene rings is 3. The summed E-state index contributed by atoms with van der Waals surface area (Å²) >= 11 is 0. The Morgan fingerprint density at radius 3 is 2.43 bits per heavy atom. The van der Waals surface area contributed by atoms with Gasteiger partial charge in [-0.15, -0.1) is 0 Å². The van der Waals surface area contributed by atoms with E-state index in [1.54, 1.807) is 0 Å². The zero-order valence-corrected chi connectivity index (χ0v) is 16.5. The first-order valence-electron chi connectivity index (χ1n) is 10.2. The average Bonchev–Trinajstić information content (AvgIpc) is 2.74. The number of nitrogens with one attached hydrogen (secondary N) is 1. The van der Waals surface area contributed by atoms with Gasteiger partial charge in [0.25, 0.3) is 0 Å². The first-order valence-corrected chi connectivity index (χ1v) is 10.2. The number of rotatable bonds is 5. The largest absolute Gasteiger partial charge is 0.349 e. The lowest BCUT2D eigenvalue weighted by molar-refractivity contribution is -0.127. The molecule has 1 aliphatic rings. The summed E-state index contributed by atoms with van der Waals surface area (Å²) in [6, 6.07) is 25.3. The molecule has 1 amide bonds. The highest BCUT2D eigenvalue weighted by molar-refractivity contribution is 5.87. The van der Waals surface area contributed by atoms with E-state index in [4.69, 9.17) is 0 Å².